The Hall–Kier alpha value is -2.04. The van der Waals surface area contributed by atoms with Gasteiger partial charge in [-0.05, 0) is 36.2 Å². The summed E-state index contributed by atoms with van der Waals surface area (Å²) < 4.78 is 5.36. The van der Waals surface area contributed by atoms with E-state index in [4.69, 9.17) is 16.3 Å². The van der Waals surface area contributed by atoms with E-state index >= 15 is 0 Å². The topological polar surface area (TPSA) is 42.8 Å². The van der Waals surface area contributed by atoms with Gasteiger partial charge in [-0.2, -0.15) is 0 Å². The number of ether oxygens (including phenoxy) is 1. The number of carbonyl (C=O) groups is 1. The molecule has 2 aromatic carbocycles. The van der Waals surface area contributed by atoms with Gasteiger partial charge < -0.3 is 15.0 Å². The van der Waals surface area contributed by atoms with Crippen molar-refractivity contribution in [3.05, 3.63) is 58.6 Å². The summed E-state index contributed by atoms with van der Waals surface area (Å²) in [5.41, 5.74) is 3.02. The second-order valence-electron chi connectivity index (χ2n) is 5.83. The quantitative estimate of drug-likeness (QED) is 0.808. The fourth-order valence-corrected chi connectivity index (χ4v) is 2.89. The molecule has 5 heteroatoms. The highest BCUT2D eigenvalue weighted by Crippen LogP contribution is 2.21. The molecule has 0 saturated heterocycles. The largest absolute Gasteiger partial charge is 0.496 e. The lowest BCUT2D eigenvalue weighted by Crippen LogP contribution is -3.08. The maximum atomic E-state index is 12.3. The summed E-state index contributed by atoms with van der Waals surface area (Å²) in [4.78, 5) is 13.4. The highest BCUT2D eigenvalue weighted by molar-refractivity contribution is 6.30. The summed E-state index contributed by atoms with van der Waals surface area (Å²) >= 11 is 6.06. The molecule has 2 aromatic rings. The smallest absolute Gasteiger partial charge is 0.279 e. The fourth-order valence-electron chi connectivity index (χ4n) is 2.69. The number of hydrogen-bond acceptors (Lipinski definition) is 2. The van der Waals surface area contributed by atoms with Crippen molar-refractivity contribution in [2.24, 2.45) is 0 Å². The molecule has 0 aliphatic carbocycles. The van der Waals surface area contributed by atoms with Crippen molar-refractivity contribution in [3.63, 3.8) is 0 Å². The number of halogens is 1. The van der Waals surface area contributed by atoms with Gasteiger partial charge in [0, 0.05) is 16.3 Å². The second kappa shape index (κ2) is 8.71. The maximum Gasteiger partial charge on any atom is 0.279 e. The van der Waals surface area contributed by atoms with Crippen LogP contribution in [-0.2, 0) is 17.8 Å². The molecule has 0 heterocycles. The van der Waals surface area contributed by atoms with Crippen LogP contribution in [0.3, 0.4) is 0 Å². The number of benzene rings is 2. The number of aryl methyl sites for hydroxylation is 1. The van der Waals surface area contributed by atoms with E-state index in [1.807, 2.05) is 43.4 Å². The Kier molecular flexibility index (Phi) is 6.64. The first-order valence-corrected chi connectivity index (χ1v) is 8.42. The molecule has 1 amide bonds. The van der Waals surface area contributed by atoms with Crippen molar-refractivity contribution in [3.8, 4) is 5.75 Å². The zero-order chi connectivity index (χ0) is 17.5. The number of para-hydroxylation sites is 1. The summed E-state index contributed by atoms with van der Waals surface area (Å²) in [5.74, 6) is 0.782. The van der Waals surface area contributed by atoms with Crippen LogP contribution in [0.25, 0.3) is 0 Å². The van der Waals surface area contributed by atoms with E-state index in [2.05, 4.69) is 12.2 Å². The molecule has 0 aromatic heterocycles. The number of methoxy groups -OCH3 is 1. The lowest BCUT2D eigenvalue weighted by atomic mass is 10.1. The molecule has 0 saturated carbocycles. The summed E-state index contributed by atoms with van der Waals surface area (Å²) in [5, 5.41) is 3.67. The predicted octanol–water partition coefficient (Wildman–Crippen LogP) is 2.56. The number of amides is 1. The van der Waals surface area contributed by atoms with E-state index in [-0.39, 0.29) is 5.91 Å². The molecule has 24 heavy (non-hydrogen) atoms. The van der Waals surface area contributed by atoms with Crippen LogP contribution < -0.4 is 15.0 Å². The molecule has 0 radical (unpaired) electrons. The number of hydrogen-bond donors (Lipinski definition) is 2. The van der Waals surface area contributed by atoms with Crippen LogP contribution in [0.4, 0.5) is 5.69 Å². The van der Waals surface area contributed by atoms with Crippen molar-refractivity contribution in [2.75, 3.05) is 26.0 Å². The Bertz CT molecular complexity index is 704. The van der Waals surface area contributed by atoms with E-state index in [0.717, 1.165) is 33.9 Å². The van der Waals surface area contributed by atoms with Gasteiger partial charge in [-0.25, -0.2) is 0 Å². The summed E-state index contributed by atoms with van der Waals surface area (Å²) in [6, 6.07) is 13.4. The Morgan fingerprint density at radius 1 is 1.21 bits per heavy atom. The minimum absolute atomic E-state index is 0.00519. The van der Waals surface area contributed by atoms with Gasteiger partial charge in [0.05, 0.1) is 14.2 Å². The van der Waals surface area contributed by atoms with Gasteiger partial charge in [0.15, 0.2) is 6.54 Å². The van der Waals surface area contributed by atoms with Gasteiger partial charge in [0.1, 0.15) is 12.3 Å². The van der Waals surface area contributed by atoms with E-state index in [9.17, 15) is 4.79 Å². The van der Waals surface area contributed by atoms with Crippen molar-refractivity contribution < 1.29 is 14.4 Å². The SMILES string of the molecule is CCc1ccccc1NC(=O)C[NH+](C)Cc1cc(Cl)ccc1OC. The normalized spacial score (nSPS) is 11.8. The second-order valence-corrected chi connectivity index (χ2v) is 6.26. The third-order valence-electron chi connectivity index (χ3n) is 3.87. The van der Waals surface area contributed by atoms with E-state index in [1.165, 1.54) is 0 Å². The van der Waals surface area contributed by atoms with Crippen molar-refractivity contribution >= 4 is 23.2 Å². The number of nitrogens with one attached hydrogen (secondary N) is 2. The van der Waals surface area contributed by atoms with Crippen LogP contribution in [0, 0.1) is 0 Å². The molecule has 128 valence electrons. The van der Waals surface area contributed by atoms with Crippen molar-refractivity contribution in [2.45, 2.75) is 19.9 Å². The lowest BCUT2D eigenvalue weighted by molar-refractivity contribution is -0.885. The molecule has 1 unspecified atom stereocenters. The van der Waals surface area contributed by atoms with E-state index < -0.39 is 0 Å². The first-order valence-electron chi connectivity index (χ1n) is 8.05. The molecule has 0 bridgehead atoms. The maximum absolute atomic E-state index is 12.3. The van der Waals surface area contributed by atoms with Crippen LogP contribution in [0.2, 0.25) is 5.02 Å². The molecule has 4 nitrogen and oxygen atoms in total. The molecule has 0 aliphatic rings. The number of anilines is 1. The predicted molar refractivity (Wildman–Crippen MR) is 97.9 cm³/mol. The molecular formula is C19H24ClN2O2+. The number of carbonyl (C=O) groups excluding carboxylic acids is 1. The van der Waals surface area contributed by atoms with Crippen LogP contribution in [0.5, 0.6) is 5.75 Å². The number of likely N-dealkylation sites (N-methyl/N-ethyl adjacent to an activating group) is 1. The molecule has 0 aliphatic heterocycles. The monoisotopic (exact) mass is 347 g/mol. The van der Waals surface area contributed by atoms with Gasteiger partial charge in [-0.3, -0.25) is 4.79 Å². The highest BCUT2D eigenvalue weighted by atomic mass is 35.5. The Morgan fingerprint density at radius 3 is 2.67 bits per heavy atom. The zero-order valence-corrected chi connectivity index (χ0v) is 15.1. The average molecular weight is 348 g/mol. The van der Waals surface area contributed by atoms with Gasteiger partial charge >= 0.3 is 0 Å². The number of rotatable bonds is 7. The average Bonchev–Trinajstić information content (AvgIpc) is 2.55. The van der Waals surface area contributed by atoms with Crippen molar-refractivity contribution in [1.82, 2.24) is 0 Å². The molecule has 2 N–H and O–H groups in total. The third-order valence-corrected chi connectivity index (χ3v) is 4.10. The summed E-state index contributed by atoms with van der Waals surface area (Å²) in [7, 11) is 3.61. The van der Waals surface area contributed by atoms with Crippen LogP contribution >= 0.6 is 11.6 Å². The standard InChI is InChI=1S/C19H23ClN2O2/c1-4-14-7-5-6-8-17(14)21-19(23)13-22(2)12-15-11-16(20)9-10-18(15)24-3/h5-11H,4,12-13H2,1-3H3,(H,21,23)/p+1. The van der Waals surface area contributed by atoms with Gasteiger partial charge in [-0.15, -0.1) is 0 Å². The first kappa shape index (κ1) is 18.3. The fraction of sp³-hybridized carbons (Fsp3) is 0.316. The van der Waals surface area contributed by atoms with Crippen LogP contribution in [-0.4, -0.2) is 26.6 Å². The van der Waals surface area contributed by atoms with E-state index in [1.54, 1.807) is 13.2 Å². The Morgan fingerprint density at radius 2 is 1.96 bits per heavy atom. The summed E-state index contributed by atoms with van der Waals surface area (Å²) in [6.07, 6.45) is 0.888. The minimum atomic E-state index is -0.00519. The van der Waals surface area contributed by atoms with E-state index in [0.29, 0.717) is 18.1 Å². The summed E-state index contributed by atoms with van der Waals surface area (Å²) in [6.45, 7) is 3.11. The van der Waals surface area contributed by atoms with Crippen LogP contribution in [0.1, 0.15) is 18.1 Å². The molecule has 2 rings (SSSR count). The minimum Gasteiger partial charge on any atom is -0.496 e. The molecular weight excluding hydrogens is 324 g/mol. The lowest BCUT2D eigenvalue weighted by Gasteiger charge is -2.16. The Labute approximate surface area is 148 Å². The third kappa shape index (κ3) is 4.98. The highest BCUT2D eigenvalue weighted by Gasteiger charge is 2.14. The van der Waals surface area contributed by atoms with Gasteiger partial charge in [0.2, 0.25) is 0 Å². The van der Waals surface area contributed by atoms with Crippen LogP contribution in [0.15, 0.2) is 42.5 Å². The molecule has 0 spiro atoms. The van der Waals surface area contributed by atoms with Crippen molar-refractivity contribution in [1.29, 1.82) is 0 Å². The number of quaternary nitrogens is 1. The van der Waals surface area contributed by atoms with Gasteiger partial charge in [-0.1, -0.05) is 36.7 Å². The first-order chi connectivity index (χ1) is 11.5. The van der Waals surface area contributed by atoms with Gasteiger partial charge in [0.25, 0.3) is 5.91 Å². The Balaban J connectivity index is 1.98. The molecule has 0 fully saturated rings. The molecule has 1 atom stereocenters. The zero-order valence-electron chi connectivity index (χ0n) is 14.4.